The third-order valence-corrected chi connectivity index (χ3v) is 4.68. The molecule has 0 aliphatic heterocycles. The van der Waals surface area contributed by atoms with E-state index in [1.54, 1.807) is 0 Å². The molecule has 0 spiro atoms. The Morgan fingerprint density at radius 2 is 0.808 bits per heavy atom. The molecule has 0 atom stereocenters. The van der Waals surface area contributed by atoms with Gasteiger partial charge in [0, 0.05) is 0 Å². The Labute approximate surface area is 163 Å². The summed E-state index contributed by atoms with van der Waals surface area (Å²) in [6, 6.07) is 0. The topological polar surface area (TPSA) is 0 Å². The average molecular weight is 352 g/mol. The van der Waals surface area contributed by atoms with E-state index in [9.17, 15) is 0 Å². The van der Waals surface area contributed by atoms with Crippen LogP contribution in [0.15, 0.2) is 66.8 Å². The van der Waals surface area contributed by atoms with Crippen LogP contribution in [0.1, 0.15) is 89.9 Å². The first kappa shape index (κ1) is 22.5. The first-order valence-electron chi connectivity index (χ1n) is 10.9. The van der Waals surface area contributed by atoms with Gasteiger partial charge in [0.25, 0.3) is 0 Å². The Morgan fingerprint density at radius 1 is 0.385 bits per heavy atom. The van der Waals surface area contributed by atoms with Crippen LogP contribution in [0.25, 0.3) is 0 Å². The zero-order chi connectivity index (χ0) is 18.4. The molecule has 0 nitrogen and oxygen atoms in total. The number of allylic oxidation sites excluding steroid dienone is 12. The molecular weight excluding hydrogens is 312 g/mol. The quantitative estimate of drug-likeness (QED) is 0.410. The fourth-order valence-electron chi connectivity index (χ4n) is 3.09. The Kier molecular flexibility index (Phi) is 17.1. The van der Waals surface area contributed by atoms with Gasteiger partial charge in [0.15, 0.2) is 0 Å². The molecule has 1 radical (unpaired) electrons. The molecule has 0 aromatic heterocycles. The Hall–Kier alpha value is -1.56. The van der Waals surface area contributed by atoms with Gasteiger partial charge in [-0.3, -0.25) is 0 Å². The molecule has 0 saturated heterocycles. The highest BCUT2D eigenvalue weighted by Gasteiger charge is 1.93. The second-order valence-corrected chi connectivity index (χ2v) is 7.12. The lowest BCUT2D eigenvalue weighted by atomic mass is 10.0. The second kappa shape index (κ2) is 19.8. The highest BCUT2D eigenvalue weighted by atomic mass is 14.0. The molecule has 26 heavy (non-hydrogen) atoms. The van der Waals surface area contributed by atoms with E-state index in [2.05, 4.69) is 66.8 Å². The fourth-order valence-corrected chi connectivity index (χ4v) is 3.09. The summed E-state index contributed by atoms with van der Waals surface area (Å²) in [4.78, 5) is 0. The predicted molar refractivity (Wildman–Crippen MR) is 118 cm³/mol. The highest BCUT2D eigenvalue weighted by Crippen LogP contribution is 2.13. The summed E-state index contributed by atoms with van der Waals surface area (Å²) < 4.78 is 0. The molecular formula is C26H39. The van der Waals surface area contributed by atoms with Gasteiger partial charge >= 0.3 is 0 Å². The van der Waals surface area contributed by atoms with Crippen molar-refractivity contribution in [1.82, 2.24) is 0 Å². The largest absolute Gasteiger partial charge is 0.0845 e. The van der Waals surface area contributed by atoms with Crippen LogP contribution in [0.2, 0.25) is 0 Å². The molecule has 143 valence electrons. The van der Waals surface area contributed by atoms with Gasteiger partial charge in [0.1, 0.15) is 0 Å². The summed E-state index contributed by atoms with van der Waals surface area (Å²) in [6.45, 7) is 0. The zero-order valence-corrected chi connectivity index (χ0v) is 16.8. The third-order valence-electron chi connectivity index (χ3n) is 4.68. The molecule has 0 unspecified atom stereocenters. The molecule has 0 aromatic rings. The molecule has 0 aromatic carbocycles. The van der Waals surface area contributed by atoms with Crippen LogP contribution in [0.3, 0.4) is 0 Å². The third kappa shape index (κ3) is 17.3. The summed E-state index contributed by atoms with van der Waals surface area (Å²) in [6.07, 6.45) is 45.5. The molecule has 0 heterocycles. The van der Waals surface area contributed by atoms with E-state index in [4.69, 9.17) is 0 Å². The van der Waals surface area contributed by atoms with Crippen molar-refractivity contribution in [2.24, 2.45) is 0 Å². The van der Waals surface area contributed by atoms with Gasteiger partial charge < -0.3 is 0 Å². The van der Waals surface area contributed by atoms with E-state index >= 15 is 0 Å². The molecule has 0 heteroatoms. The van der Waals surface area contributed by atoms with E-state index in [0.29, 0.717) is 0 Å². The number of hydrogen-bond donors (Lipinski definition) is 0. The van der Waals surface area contributed by atoms with Gasteiger partial charge in [-0.2, -0.15) is 0 Å². The highest BCUT2D eigenvalue weighted by molar-refractivity contribution is 5.19. The maximum absolute atomic E-state index is 3.36. The van der Waals surface area contributed by atoms with Crippen LogP contribution < -0.4 is 0 Å². The molecule has 1 aliphatic carbocycles. The SMILES string of the molecule is [C]1=C/C=C/C=C\C=C\C=C\C=C\CCCCCCCCCCCCCC/1. The van der Waals surface area contributed by atoms with Gasteiger partial charge in [0.2, 0.25) is 0 Å². The monoisotopic (exact) mass is 351 g/mol. The average Bonchev–Trinajstić information content (AvgIpc) is 2.65. The van der Waals surface area contributed by atoms with E-state index in [1.165, 1.54) is 83.5 Å². The minimum atomic E-state index is 1.09. The van der Waals surface area contributed by atoms with Gasteiger partial charge in [0.05, 0.1) is 0 Å². The zero-order valence-electron chi connectivity index (χ0n) is 16.8. The molecule has 1 aliphatic rings. The number of rotatable bonds is 0. The first-order chi connectivity index (χ1) is 13.0. The Morgan fingerprint density at radius 3 is 1.38 bits per heavy atom. The van der Waals surface area contributed by atoms with Crippen LogP contribution in [0.5, 0.6) is 0 Å². The van der Waals surface area contributed by atoms with Gasteiger partial charge in [-0.25, -0.2) is 0 Å². The summed E-state index contributed by atoms with van der Waals surface area (Å²) in [7, 11) is 0. The van der Waals surface area contributed by atoms with Crippen molar-refractivity contribution in [3.05, 3.63) is 72.9 Å². The second-order valence-electron chi connectivity index (χ2n) is 7.12. The van der Waals surface area contributed by atoms with E-state index in [1.807, 2.05) is 6.08 Å². The van der Waals surface area contributed by atoms with Crippen LogP contribution in [-0.2, 0) is 0 Å². The van der Waals surface area contributed by atoms with E-state index < -0.39 is 0 Å². The lowest BCUT2D eigenvalue weighted by molar-refractivity contribution is 0.541. The molecule has 0 N–H and O–H groups in total. The molecule has 0 bridgehead atoms. The van der Waals surface area contributed by atoms with Crippen molar-refractivity contribution < 1.29 is 0 Å². The lowest BCUT2D eigenvalue weighted by Crippen LogP contribution is -1.83. The molecule has 0 fully saturated rings. The van der Waals surface area contributed by atoms with Crippen molar-refractivity contribution in [3.63, 3.8) is 0 Å². The van der Waals surface area contributed by atoms with Crippen LogP contribution >= 0.6 is 0 Å². The van der Waals surface area contributed by atoms with Crippen molar-refractivity contribution in [2.45, 2.75) is 89.9 Å². The van der Waals surface area contributed by atoms with Gasteiger partial charge in [-0.15, -0.1) is 0 Å². The smallest absolute Gasteiger partial charge is 0.0276 e. The van der Waals surface area contributed by atoms with Crippen molar-refractivity contribution in [3.8, 4) is 0 Å². The van der Waals surface area contributed by atoms with Crippen LogP contribution in [0, 0.1) is 6.08 Å². The fraction of sp³-hybridized carbons (Fsp3) is 0.538. The molecule has 0 amide bonds. The van der Waals surface area contributed by atoms with Crippen molar-refractivity contribution in [1.29, 1.82) is 0 Å². The van der Waals surface area contributed by atoms with E-state index in [-0.39, 0.29) is 0 Å². The van der Waals surface area contributed by atoms with Gasteiger partial charge in [-0.1, -0.05) is 131 Å². The summed E-state index contributed by atoms with van der Waals surface area (Å²) in [5.74, 6) is 0. The standard InChI is InChI=1S/C26H39/c1-2-4-6-8-10-12-14-16-18-20-22-24-26-25-23-21-19-17-15-13-11-9-7-5-3-1/h1-11H,12,14-26H2/b2-1+,5-3-,6-4+,9-7+,10-8+,13-11?. The Bertz CT molecular complexity index is 412. The maximum Gasteiger partial charge on any atom is -0.0276 e. The maximum atomic E-state index is 3.36. The van der Waals surface area contributed by atoms with E-state index in [0.717, 1.165) is 6.42 Å². The molecule has 0 saturated carbocycles. The van der Waals surface area contributed by atoms with Crippen molar-refractivity contribution in [2.75, 3.05) is 0 Å². The summed E-state index contributed by atoms with van der Waals surface area (Å²) in [5, 5.41) is 0. The lowest BCUT2D eigenvalue weighted by Gasteiger charge is -2.02. The minimum Gasteiger partial charge on any atom is -0.0845 e. The first-order valence-corrected chi connectivity index (χ1v) is 10.9. The summed E-state index contributed by atoms with van der Waals surface area (Å²) in [5.41, 5.74) is 0. The summed E-state index contributed by atoms with van der Waals surface area (Å²) >= 11 is 0. The van der Waals surface area contributed by atoms with Crippen LogP contribution in [0.4, 0.5) is 0 Å². The Balaban J connectivity index is 2.28. The minimum absolute atomic E-state index is 1.09. The van der Waals surface area contributed by atoms with Crippen molar-refractivity contribution >= 4 is 0 Å². The van der Waals surface area contributed by atoms with Crippen LogP contribution in [-0.4, -0.2) is 0 Å². The molecule has 1 rings (SSSR count). The number of hydrogen-bond acceptors (Lipinski definition) is 0. The van der Waals surface area contributed by atoms with Gasteiger partial charge in [-0.05, 0) is 31.8 Å². The normalized spacial score (nSPS) is 27.7. The predicted octanol–water partition coefficient (Wildman–Crippen LogP) is 8.60.